The fraction of sp³-hybridized carbons (Fsp3) is 0.0526. The molecule has 0 saturated heterocycles. The molecule has 3 heteroatoms. The van der Waals surface area contributed by atoms with Gasteiger partial charge in [-0.15, -0.1) is 0 Å². The van der Waals surface area contributed by atoms with E-state index in [0.29, 0.717) is 21.9 Å². The lowest BCUT2D eigenvalue weighted by molar-refractivity contribution is 0.660. The molecule has 0 bridgehead atoms. The van der Waals surface area contributed by atoms with Crippen LogP contribution in [0.15, 0.2) is 70.0 Å². The van der Waals surface area contributed by atoms with E-state index in [0.717, 1.165) is 16.8 Å². The topological polar surface area (TPSA) is 43.1 Å². The predicted octanol–water partition coefficient (Wildman–Crippen LogP) is 4.32. The summed E-state index contributed by atoms with van der Waals surface area (Å²) < 4.78 is 5.82. The highest BCUT2D eigenvalue weighted by molar-refractivity contribution is 5.91. The van der Waals surface area contributed by atoms with Gasteiger partial charge in [0.15, 0.2) is 0 Å². The van der Waals surface area contributed by atoms with Crippen molar-refractivity contribution in [3.8, 4) is 11.3 Å². The normalized spacial score (nSPS) is 11.1. The second-order valence-corrected chi connectivity index (χ2v) is 5.36. The van der Waals surface area contributed by atoms with Gasteiger partial charge >= 0.3 is 0 Å². The molecule has 0 fully saturated rings. The first-order valence-corrected chi connectivity index (χ1v) is 7.11. The Morgan fingerprint density at radius 1 is 0.909 bits per heavy atom. The zero-order valence-electron chi connectivity index (χ0n) is 12.0. The fourth-order valence-electron chi connectivity index (χ4n) is 2.60. The van der Waals surface area contributed by atoms with Crippen molar-refractivity contribution < 1.29 is 4.42 Å². The molecule has 0 spiro atoms. The first-order valence-electron chi connectivity index (χ1n) is 7.11. The summed E-state index contributed by atoms with van der Waals surface area (Å²) in [5.74, 6) is 0. The number of nitrogens with zero attached hydrogens (tertiary/aromatic N) is 1. The smallest absolute Gasteiger partial charge is 0.200 e. The molecule has 0 saturated carbocycles. The SMILES string of the molecule is Cc1ccc(-c2ccc3oc4ccccc4c(=O)c3c2)nc1. The molecule has 4 aromatic rings. The average molecular weight is 287 g/mol. The molecule has 0 atom stereocenters. The van der Waals surface area contributed by atoms with Gasteiger partial charge in [-0.2, -0.15) is 0 Å². The van der Waals surface area contributed by atoms with Gasteiger partial charge in [0, 0.05) is 11.8 Å². The average Bonchev–Trinajstić information content (AvgIpc) is 2.56. The van der Waals surface area contributed by atoms with E-state index in [9.17, 15) is 4.79 Å². The maximum atomic E-state index is 12.6. The number of benzene rings is 2. The largest absolute Gasteiger partial charge is 0.456 e. The molecule has 0 aliphatic rings. The van der Waals surface area contributed by atoms with Crippen LogP contribution in [0.3, 0.4) is 0 Å². The van der Waals surface area contributed by atoms with E-state index in [1.54, 1.807) is 6.07 Å². The van der Waals surface area contributed by atoms with E-state index in [1.807, 2.05) is 61.7 Å². The van der Waals surface area contributed by atoms with Crippen molar-refractivity contribution in [2.75, 3.05) is 0 Å². The Morgan fingerprint density at radius 3 is 2.55 bits per heavy atom. The van der Waals surface area contributed by atoms with Gasteiger partial charge in [-0.1, -0.05) is 18.2 Å². The minimum Gasteiger partial charge on any atom is -0.456 e. The van der Waals surface area contributed by atoms with Gasteiger partial charge in [-0.05, 0) is 48.9 Å². The van der Waals surface area contributed by atoms with Crippen LogP contribution in [0.2, 0.25) is 0 Å². The van der Waals surface area contributed by atoms with Crippen LogP contribution in [0, 0.1) is 6.92 Å². The Morgan fingerprint density at radius 2 is 1.73 bits per heavy atom. The van der Waals surface area contributed by atoms with Crippen molar-refractivity contribution in [2.45, 2.75) is 6.92 Å². The van der Waals surface area contributed by atoms with Crippen molar-refractivity contribution in [2.24, 2.45) is 0 Å². The zero-order chi connectivity index (χ0) is 15.1. The first kappa shape index (κ1) is 12.8. The summed E-state index contributed by atoms with van der Waals surface area (Å²) in [7, 11) is 0. The third kappa shape index (κ3) is 1.99. The van der Waals surface area contributed by atoms with E-state index >= 15 is 0 Å². The second-order valence-electron chi connectivity index (χ2n) is 5.36. The number of pyridine rings is 1. The van der Waals surface area contributed by atoms with E-state index in [2.05, 4.69) is 4.98 Å². The summed E-state index contributed by atoms with van der Waals surface area (Å²) in [4.78, 5) is 17.1. The highest BCUT2D eigenvalue weighted by atomic mass is 16.3. The van der Waals surface area contributed by atoms with Crippen molar-refractivity contribution >= 4 is 21.9 Å². The van der Waals surface area contributed by atoms with Crippen molar-refractivity contribution in [1.29, 1.82) is 0 Å². The van der Waals surface area contributed by atoms with Gasteiger partial charge in [0.2, 0.25) is 5.43 Å². The number of hydrogen-bond donors (Lipinski definition) is 0. The zero-order valence-corrected chi connectivity index (χ0v) is 12.0. The fourth-order valence-corrected chi connectivity index (χ4v) is 2.60. The van der Waals surface area contributed by atoms with Crippen LogP contribution in [-0.2, 0) is 0 Å². The van der Waals surface area contributed by atoms with Crippen LogP contribution in [0.25, 0.3) is 33.2 Å². The lowest BCUT2D eigenvalue weighted by Gasteiger charge is -2.05. The number of rotatable bonds is 1. The van der Waals surface area contributed by atoms with E-state index in [-0.39, 0.29) is 5.43 Å². The Hall–Kier alpha value is -2.94. The molecule has 0 radical (unpaired) electrons. The molecule has 22 heavy (non-hydrogen) atoms. The highest BCUT2D eigenvalue weighted by Crippen LogP contribution is 2.24. The maximum absolute atomic E-state index is 12.6. The van der Waals surface area contributed by atoms with E-state index in [1.165, 1.54) is 0 Å². The van der Waals surface area contributed by atoms with Gasteiger partial charge in [0.1, 0.15) is 11.2 Å². The van der Waals surface area contributed by atoms with Crippen molar-refractivity contribution in [3.05, 3.63) is 76.6 Å². The summed E-state index contributed by atoms with van der Waals surface area (Å²) in [5, 5.41) is 1.18. The maximum Gasteiger partial charge on any atom is 0.200 e. The molecule has 0 amide bonds. The second kappa shape index (κ2) is 4.81. The summed E-state index contributed by atoms with van der Waals surface area (Å²) >= 11 is 0. The molecule has 0 N–H and O–H groups in total. The van der Waals surface area contributed by atoms with Gasteiger partial charge in [0.25, 0.3) is 0 Å². The van der Waals surface area contributed by atoms with Gasteiger partial charge in [-0.3, -0.25) is 9.78 Å². The summed E-state index contributed by atoms with van der Waals surface area (Å²) in [6.07, 6.45) is 1.82. The molecular weight excluding hydrogens is 274 g/mol. The molecule has 106 valence electrons. The number of fused-ring (bicyclic) bond motifs is 2. The molecule has 0 aliphatic heterocycles. The Labute approximate surface area is 126 Å². The first-order chi connectivity index (χ1) is 10.7. The predicted molar refractivity (Wildman–Crippen MR) is 88.0 cm³/mol. The van der Waals surface area contributed by atoms with Crippen LogP contribution >= 0.6 is 0 Å². The van der Waals surface area contributed by atoms with Gasteiger partial charge < -0.3 is 4.42 Å². The molecule has 0 aliphatic carbocycles. The number of para-hydroxylation sites is 1. The van der Waals surface area contributed by atoms with E-state index in [4.69, 9.17) is 4.42 Å². The Balaban J connectivity index is 2.01. The molecule has 3 nitrogen and oxygen atoms in total. The van der Waals surface area contributed by atoms with Crippen LogP contribution in [0.5, 0.6) is 0 Å². The lowest BCUT2D eigenvalue weighted by atomic mass is 10.1. The molecule has 2 aromatic heterocycles. The summed E-state index contributed by atoms with van der Waals surface area (Å²) in [5.41, 5.74) is 4.07. The summed E-state index contributed by atoms with van der Waals surface area (Å²) in [6.45, 7) is 2.00. The summed E-state index contributed by atoms with van der Waals surface area (Å²) in [6, 6.07) is 16.9. The van der Waals surface area contributed by atoms with Crippen LogP contribution < -0.4 is 5.43 Å². The molecule has 2 aromatic carbocycles. The van der Waals surface area contributed by atoms with Gasteiger partial charge in [0.05, 0.1) is 16.5 Å². The van der Waals surface area contributed by atoms with Crippen LogP contribution in [0.4, 0.5) is 0 Å². The molecule has 2 heterocycles. The standard InChI is InChI=1S/C19H13NO2/c1-12-6-8-16(20-11-12)13-7-9-18-15(10-13)19(21)14-4-2-3-5-17(14)22-18/h2-11H,1H3. The van der Waals surface area contributed by atoms with Crippen molar-refractivity contribution in [3.63, 3.8) is 0 Å². The highest BCUT2D eigenvalue weighted by Gasteiger charge is 2.09. The number of hydrogen-bond acceptors (Lipinski definition) is 3. The van der Waals surface area contributed by atoms with Crippen LogP contribution in [0.1, 0.15) is 5.56 Å². The Bertz CT molecular complexity index is 1050. The van der Waals surface area contributed by atoms with Crippen molar-refractivity contribution in [1.82, 2.24) is 4.98 Å². The van der Waals surface area contributed by atoms with Gasteiger partial charge in [-0.25, -0.2) is 0 Å². The van der Waals surface area contributed by atoms with E-state index < -0.39 is 0 Å². The molecular formula is C19H13NO2. The minimum atomic E-state index is -0.00851. The third-order valence-electron chi connectivity index (χ3n) is 3.78. The Kier molecular flexibility index (Phi) is 2.79. The quantitative estimate of drug-likeness (QED) is 0.490. The molecule has 4 rings (SSSR count). The number of aryl methyl sites for hydroxylation is 1. The minimum absolute atomic E-state index is 0.00851. The lowest BCUT2D eigenvalue weighted by Crippen LogP contribution is -2.02. The molecule has 0 unspecified atom stereocenters. The third-order valence-corrected chi connectivity index (χ3v) is 3.78. The van der Waals surface area contributed by atoms with Crippen LogP contribution in [-0.4, -0.2) is 4.98 Å². The monoisotopic (exact) mass is 287 g/mol. The number of aromatic nitrogens is 1.